The standard InChI is InChI=1S/C23H38N8/c1-4-22-28-27-19-31(22)12-11-25-23(24-5-2)26-17-20-9-7-8-10-21(20)18-30-15-13-29(6-3)14-16-30/h7-10,19H,4-6,11-18H2,1-3H3,(H2,24,25,26). The van der Waals surface area contributed by atoms with Gasteiger partial charge in [-0.15, -0.1) is 10.2 Å². The Hall–Kier alpha value is -2.45. The lowest BCUT2D eigenvalue weighted by Crippen LogP contribution is -2.45. The number of hydrogen-bond acceptors (Lipinski definition) is 5. The molecule has 0 aliphatic carbocycles. The first kappa shape index (κ1) is 23.2. The van der Waals surface area contributed by atoms with Gasteiger partial charge in [-0.2, -0.15) is 0 Å². The summed E-state index contributed by atoms with van der Waals surface area (Å²) in [4.78, 5) is 9.93. The lowest BCUT2D eigenvalue weighted by atomic mass is 10.1. The average Bonchev–Trinajstić information content (AvgIpc) is 3.26. The van der Waals surface area contributed by atoms with Crippen molar-refractivity contribution in [3.8, 4) is 0 Å². The molecular formula is C23H38N8. The summed E-state index contributed by atoms with van der Waals surface area (Å²) >= 11 is 0. The molecule has 0 unspecified atom stereocenters. The highest BCUT2D eigenvalue weighted by Gasteiger charge is 2.16. The summed E-state index contributed by atoms with van der Waals surface area (Å²) in [6, 6.07) is 8.70. The van der Waals surface area contributed by atoms with E-state index in [4.69, 9.17) is 4.99 Å². The van der Waals surface area contributed by atoms with E-state index in [1.54, 1.807) is 6.33 Å². The minimum atomic E-state index is 0.674. The Balaban J connectivity index is 1.56. The van der Waals surface area contributed by atoms with E-state index in [2.05, 4.69) is 80.2 Å². The highest BCUT2D eigenvalue weighted by Crippen LogP contribution is 2.14. The number of nitrogens with one attached hydrogen (secondary N) is 2. The highest BCUT2D eigenvalue weighted by molar-refractivity contribution is 5.79. The van der Waals surface area contributed by atoms with Crippen molar-refractivity contribution in [3.05, 3.63) is 47.5 Å². The Bertz CT molecular complexity index is 807. The van der Waals surface area contributed by atoms with Gasteiger partial charge in [-0.3, -0.25) is 4.90 Å². The van der Waals surface area contributed by atoms with E-state index >= 15 is 0 Å². The molecular weight excluding hydrogens is 388 g/mol. The Labute approximate surface area is 186 Å². The molecule has 31 heavy (non-hydrogen) atoms. The summed E-state index contributed by atoms with van der Waals surface area (Å²) in [5.74, 6) is 1.86. The minimum Gasteiger partial charge on any atom is -0.357 e. The SMILES string of the molecule is CCNC(=NCc1ccccc1CN1CCN(CC)CC1)NCCn1cnnc1CC. The Kier molecular flexibility index (Phi) is 9.30. The molecule has 1 aliphatic heterocycles. The normalized spacial score (nSPS) is 15.9. The predicted molar refractivity (Wildman–Crippen MR) is 126 cm³/mol. The molecule has 2 N–H and O–H groups in total. The maximum atomic E-state index is 4.85. The molecule has 0 atom stereocenters. The summed E-state index contributed by atoms with van der Waals surface area (Å²) in [5.41, 5.74) is 2.67. The molecule has 8 nitrogen and oxygen atoms in total. The van der Waals surface area contributed by atoms with Crippen molar-refractivity contribution in [2.45, 2.75) is 46.8 Å². The number of piperazine rings is 1. The van der Waals surface area contributed by atoms with Crippen molar-refractivity contribution in [2.24, 2.45) is 4.99 Å². The third-order valence-electron chi connectivity index (χ3n) is 5.83. The van der Waals surface area contributed by atoms with Crippen molar-refractivity contribution in [2.75, 3.05) is 45.8 Å². The van der Waals surface area contributed by atoms with Crippen LogP contribution in [0.15, 0.2) is 35.6 Å². The van der Waals surface area contributed by atoms with E-state index in [-0.39, 0.29) is 0 Å². The number of nitrogens with zero attached hydrogens (tertiary/aromatic N) is 6. The largest absolute Gasteiger partial charge is 0.357 e. The molecule has 0 spiro atoms. The Morgan fingerprint density at radius 3 is 2.45 bits per heavy atom. The van der Waals surface area contributed by atoms with E-state index < -0.39 is 0 Å². The number of aromatic nitrogens is 3. The first-order chi connectivity index (χ1) is 15.2. The lowest BCUT2D eigenvalue weighted by Gasteiger charge is -2.34. The minimum absolute atomic E-state index is 0.674. The third-order valence-corrected chi connectivity index (χ3v) is 5.83. The predicted octanol–water partition coefficient (Wildman–Crippen LogP) is 1.73. The molecule has 3 rings (SSSR count). The molecule has 1 saturated heterocycles. The van der Waals surface area contributed by atoms with Crippen LogP contribution in [-0.4, -0.2) is 76.3 Å². The van der Waals surface area contributed by atoms with E-state index in [0.717, 1.165) is 77.1 Å². The molecule has 1 fully saturated rings. The molecule has 170 valence electrons. The smallest absolute Gasteiger partial charge is 0.191 e. The molecule has 0 radical (unpaired) electrons. The number of likely N-dealkylation sites (N-methyl/N-ethyl adjacent to an activating group) is 1. The summed E-state index contributed by atoms with van der Waals surface area (Å²) in [7, 11) is 0. The maximum absolute atomic E-state index is 4.85. The van der Waals surface area contributed by atoms with Crippen LogP contribution in [0.2, 0.25) is 0 Å². The third kappa shape index (κ3) is 7.04. The zero-order valence-corrected chi connectivity index (χ0v) is 19.3. The molecule has 1 aromatic carbocycles. The molecule has 1 aliphatic rings. The van der Waals surface area contributed by atoms with Gasteiger partial charge in [-0.05, 0) is 24.6 Å². The fourth-order valence-corrected chi connectivity index (χ4v) is 3.91. The van der Waals surface area contributed by atoms with Crippen molar-refractivity contribution < 1.29 is 0 Å². The van der Waals surface area contributed by atoms with Gasteiger partial charge in [0.25, 0.3) is 0 Å². The molecule has 8 heteroatoms. The monoisotopic (exact) mass is 426 g/mol. The summed E-state index contributed by atoms with van der Waals surface area (Å²) < 4.78 is 2.09. The second-order valence-corrected chi connectivity index (χ2v) is 7.90. The van der Waals surface area contributed by atoms with Gasteiger partial charge < -0.3 is 20.1 Å². The van der Waals surface area contributed by atoms with Crippen LogP contribution in [0, 0.1) is 0 Å². The number of guanidine groups is 1. The quantitative estimate of drug-likeness (QED) is 0.445. The number of hydrogen-bond donors (Lipinski definition) is 2. The van der Waals surface area contributed by atoms with E-state index in [9.17, 15) is 0 Å². The van der Waals surface area contributed by atoms with Crippen molar-refractivity contribution in [1.82, 2.24) is 35.2 Å². The Morgan fingerprint density at radius 1 is 1.00 bits per heavy atom. The van der Waals surface area contributed by atoms with Crippen molar-refractivity contribution in [1.29, 1.82) is 0 Å². The fraction of sp³-hybridized carbons (Fsp3) is 0.609. The van der Waals surface area contributed by atoms with Gasteiger partial charge in [0.1, 0.15) is 12.2 Å². The van der Waals surface area contributed by atoms with E-state index in [1.807, 2.05) is 0 Å². The maximum Gasteiger partial charge on any atom is 0.191 e. The van der Waals surface area contributed by atoms with Crippen LogP contribution in [0.3, 0.4) is 0 Å². The van der Waals surface area contributed by atoms with Crippen LogP contribution in [-0.2, 0) is 26.1 Å². The zero-order chi connectivity index (χ0) is 21.9. The van der Waals surface area contributed by atoms with Crippen LogP contribution < -0.4 is 10.6 Å². The molecule has 2 heterocycles. The molecule has 0 amide bonds. The second-order valence-electron chi connectivity index (χ2n) is 7.90. The number of rotatable bonds is 10. The summed E-state index contributed by atoms with van der Waals surface area (Å²) in [5, 5.41) is 14.9. The van der Waals surface area contributed by atoms with Crippen LogP contribution in [0.4, 0.5) is 0 Å². The van der Waals surface area contributed by atoms with Gasteiger partial charge in [-0.25, -0.2) is 4.99 Å². The number of aliphatic imine (C=N–C) groups is 1. The fourth-order valence-electron chi connectivity index (χ4n) is 3.91. The van der Waals surface area contributed by atoms with E-state index in [1.165, 1.54) is 11.1 Å². The number of benzene rings is 1. The first-order valence-corrected chi connectivity index (χ1v) is 11.6. The zero-order valence-electron chi connectivity index (χ0n) is 19.3. The van der Waals surface area contributed by atoms with Crippen molar-refractivity contribution in [3.63, 3.8) is 0 Å². The van der Waals surface area contributed by atoms with Gasteiger partial charge in [0, 0.05) is 58.8 Å². The van der Waals surface area contributed by atoms with Crippen LogP contribution in [0.5, 0.6) is 0 Å². The topological polar surface area (TPSA) is 73.6 Å². The van der Waals surface area contributed by atoms with Gasteiger partial charge in [0.2, 0.25) is 0 Å². The highest BCUT2D eigenvalue weighted by atomic mass is 15.3. The lowest BCUT2D eigenvalue weighted by molar-refractivity contribution is 0.131. The summed E-state index contributed by atoms with van der Waals surface area (Å²) in [6.45, 7) is 16.3. The molecule has 2 aromatic rings. The van der Waals surface area contributed by atoms with Crippen LogP contribution in [0.1, 0.15) is 37.7 Å². The van der Waals surface area contributed by atoms with E-state index in [0.29, 0.717) is 6.54 Å². The Morgan fingerprint density at radius 2 is 1.74 bits per heavy atom. The van der Waals surface area contributed by atoms with Crippen LogP contribution in [0.25, 0.3) is 0 Å². The van der Waals surface area contributed by atoms with Crippen molar-refractivity contribution >= 4 is 5.96 Å². The first-order valence-electron chi connectivity index (χ1n) is 11.6. The average molecular weight is 427 g/mol. The number of aryl methyl sites for hydroxylation is 1. The summed E-state index contributed by atoms with van der Waals surface area (Å²) in [6.07, 6.45) is 2.68. The molecule has 0 saturated carbocycles. The van der Waals surface area contributed by atoms with Gasteiger partial charge >= 0.3 is 0 Å². The van der Waals surface area contributed by atoms with Gasteiger partial charge in [0.15, 0.2) is 5.96 Å². The van der Waals surface area contributed by atoms with Gasteiger partial charge in [-0.1, -0.05) is 38.1 Å². The van der Waals surface area contributed by atoms with Crippen LogP contribution >= 0.6 is 0 Å². The van der Waals surface area contributed by atoms with Gasteiger partial charge in [0.05, 0.1) is 6.54 Å². The second kappa shape index (κ2) is 12.4. The molecule has 1 aromatic heterocycles. The molecule has 0 bridgehead atoms.